The third-order valence-corrected chi connectivity index (χ3v) is 7.96. The van der Waals surface area contributed by atoms with Crippen molar-refractivity contribution in [3.63, 3.8) is 0 Å². The summed E-state index contributed by atoms with van der Waals surface area (Å²) in [5, 5.41) is 13.8. The molecule has 2 atom stereocenters. The minimum Gasteiger partial charge on any atom is -0.497 e. The van der Waals surface area contributed by atoms with Crippen molar-refractivity contribution in [1.29, 1.82) is 0 Å². The van der Waals surface area contributed by atoms with Crippen molar-refractivity contribution in [3.05, 3.63) is 81.9 Å². The van der Waals surface area contributed by atoms with Crippen molar-refractivity contribution in [1.82, 2.24) is 30.1 Å². The van der Waals surface area contributed by atoms with Crippen LogP contribution in [-0.2, 0) is 17.7 Å². The zero-order chi connectivity index (χ0) is 25.9. The third-order valence-electron chi connectivity index (χ3n) is 7.96. The highest BCUT2D eigenvalue weighted by Gasteiger charge is 2.34. The number of fused-ring (bicyclic) bond motifs is 1. The fourth-order valence-corrected chi connectivity index (χ4v) is 5.91. The molecule has 0 saturated carbocycles. The zero-order valence-electron chi connectivity index (χ0n) is 21.8. The van der Waals surface area contributed by atoms with E-state index in [0.717, 1.165) is 68.5 Å². The fourth-order valence-electron chi connectivity index (χ4n) is 5.91. The number of ether oxygens (including phenoxy) is 2. The second-order valence-corrected chi connectivity index (χ2v) is 10.4. The number of benzene rings is 2. The number of aromatic amines is 1. The Bertz CT molecular complexity index is 1420. The maximum Gasteiger partial charge on any atom is 0.253 e. The van der Waals surface area contributed by atoms with Gasteiger partial charge in [0.25, 0.3) is 5.56 Å². The maximum absolute atomic E-state index is 13.5. The molecule has 2 aromatic heterocycles. The van der Waals surface area contributed by atoms with Crippen LogP contribution >= 0.6 is 0 Å². The van der Waals surface area contributed by atoms with E-state index in [1.807, 2.05) is 28.9 Å². The first-order valence-corrected chi connectivity index (χ1v) is 13.5. The van der Waals surface area contributed by atoms with Gasteiger partial charge in [0.1, 0.15) is 11.8 Å². The zero-order valence-corrected chi connectivity index (χ0v) is 21.8. The first kappa shape index (κ1) is 24.8. The topological polar surface area (TPSA) is 98.2 Å². The molecule has 0 amide bonds. The van der Waals surface area contributed by atoms with Crippen LogP contribution in [0.5, 0.6) is 5.75 Å². The summed E-state index contributed by atoms with van der Waals surface area (Å²) in [6, 6.07) is 18.0. The maximum atomic E-state index is 13.5. The van der Waals surface area contributed by atoms with E-state index >= 15 is 0 Å². The molecule has 6 rings (SSSR count). The normalized spacial score (nSPS) is 19.7. The van der Waals surface area contributed by atoms with Crippen molar-refractivity contribution in [3.8, 4) is 5.75 Å². The SMILES string of the molecule is COc1ccc2[nH]c(=O)c([C@H](c3nnnn3C[C@@H]3CCCO3)N3CCC(Cc4ccccc4)CC3)cc2c1. The quantitative estimate of drug-likeness (QED) is 0.382. The summed E-state index contributed by atoms with van der Waals surface area (Å²) < 4.78 is 13.2. The molecule has 2 aromatic carbocycles. The number of aromatic nitrogens is 5. The Hall–Kier alpha value is -3.56. The molecule has 1 N–H and O–H groups in total. The van der Waals surface area contributed by atoms with Gasteiger partial charge >= 0.3 is 0 Å². The van der Waals surface area contributed by atoms with Gasteiger partial charge in [-0.2, -0.15) is 0 Å². The predicted molar refractivity (Wildman–Crippen MR) is 144 cm³/mol. The number of hydrogen-bond acceptors (Lipinski definition) is 7. The molecule has 2 aliphatic heterocycles. The average Bonchev–Trinajstić information content (AvgIpc) is 3.63. The van der Waals surface area contributed by atoms with Crippen molar-refractivity contribution in [2.45, 2.75) is 50.8 Å². The lowest BCUT2D eigenvalue weighted by molar-refractivity contribution is 0.0892. The van der Waals surface area contributed by atoms with Crippen molar-refractivity contribution < 1.29 is 9.47 Å². The van der Waals surface area contributed by atoms with Crippen molar-refractivity contribution >= 4 is 10.9 Å². The summed E-state index contributed by atoms with van der Waals surface area (Å²) in [4.78, 5) is 19.0. The van der Waals surface area contributed by atoms with Crippen LogP contribution in [0, 0.1) is 5.92 Å². The number of methoxy groups -OCH3 is 1. The van der Waals surface area contributed by atoms with E-state index in [-0.39, 0.29) is 17.7 Å². The van der Waals surface area contributed by atoms with Gasteiger partial charge in [-0.25, -0.2) is 4.68 Å². The van der Waals surface area contributed by atoms with Crippen LogP contribution in [0.1, 0.15) is 48.7 Å². The van der Waals surface area contributed by atoms with E-state index in [9.17, 15) is 4.79 Å². The van der Waals surface area contributed by atoms with Crippen LogP contribution in [0.3, 0.4) is 0 Å². The van der Waals surface area contributed by atoms with Gasteiger partial charge in [-0.1, -0.05) is 30.3 Å². The summed E-state index contributed by atoms with van der Waals surface area (Å²) in [5.74, 6) is 2.04. The summed E-state index contributed by atoms with van der Waals surface area (Å²) >= 11 is 0. The van der Waals surface area contributed by atoms with Gasteiger partial charge in [0.05, 0.1) is 19.8 Å². The Labute approximate surface area is 221 Å². The molecule has 9 heteroatoms. The highest BCUT2D eigenvalue weighted by atomic mass is 16.5. The van der Waals surface area contributed by atoms with E-state index in [0.29, 0.717) is 23.9 Å². The molecule has 9 nitrogen and oxygen atoms in total. The predicted octanol–water partition coefficient (Wildman–Crippen LogP) is 3.75. The van der Waals surface area contributed by atoms with Crippen molar-refractivity contribution in [2.75, 3.05) is 26.8 Å². The van der Waals surface area contributed by atoms with E-state index in [1.165, 1.54) is 5.56 Å². The summed E-state index contributed by atoms with van der Waals surface area (Å²) in [7, 11) is 1.65. The average molecular weight is 515 g/mol. The Kier molecular flexibility index (Phi) is 7.20. The Morgan fingerprint density at radius 3 is 2.71 bits per heavy atom. The van der Waals surface area contributed by atoms with E-state index < -0.39 is 0 Å². The molecule has 4 heterocycles. The number of pyridine rings is 1. The minimum absolute atomic E-state index is 0.0913. The monoisotopic (exact) mass is 514 g/mol. The lowest BCUT2D eigenvalue weighted by Crippen LogP contribution is -2.41. The Morgan fingerprint density at radius 1 is 1.11 bits per heavy atom. The molecule has 0 radical (unpaired) electrons. The van der Waals surface area contributed by atoms with Crippen molar-refractivity contribution in [2.24, 2.45) is 5.92 Å². The molecular formula is C29H34N6O3. The second-order valence-electron chi connectivity index (χ2n) is 10.4. The first-order chi connectivity index (χ1) is 18.7. The largest absolute Gasteiger partial charge is 0.497 e. The number of nitrogens with zero attached hydrogens (tertiary/aromatic N) is 5. The smallest absolute Gasteiger partial charge is 0.253 e. The minimum atomic E-state index is -0.358. The number of hydrogen-bond donors (Lipinski definition) is 1. The highest BCUT2D eigenvalue weighted by molar-refractivity contribution is 5.80. The Balaban J connectivity index is 1.33. The molecule has 198 valence electrons. The Morgan fingerprint density at radius 2 is 1.95 bits per heavy atom. The van der Waals surface area contributed by atoms with E-state index in [1.54, 1.807) is 7.11 Å². The molecule has 2 fully saturated rings. The van der Waals surface area contributed by atoms with Crippen LogP contribution in [0.4, 0.5) is 0 Å². The summed E-state index contributed by atoms with van der Waals surface area (Å²) in [6.45, 7) is 3.09. The van der Waals surface area contributed by atoms with Gasteiger partial charge in [0.2, 0.25) is 0 Å². The van der Waals surface area contributed by atoms with E-state index in [2.05, 4.69) is 55.7 Å². The fraction of sp³-hybridized carbons (Fsp3) is 0.448. The highest BCUT2D eigenvalue weighted by Crippen LogP contribution is 2.33. The summed E-state index contributed by atoms with van der Waals surface area (Å²) in [5.41, 5.74) is 2.68. The molecule has 0 unspecified atom stereocenters. The standard InChI is InChI=1S/C29H34N6O3/c1-37-23-9-10-26-22(17-23)18-25(29(36)30-26)27(28-31-32-33-35(28)19-24-8-5-15-38-24)34-13-11-21(12-14-34)16-20-6-3-2-4-7-20/h2-4,6-7,9-10,17-18,21,24,27H,5,8,11-16,19H2,1H3,(H,30,36)/t24-,27+/m0/s1. The molecule has 4 aromatic rings. The lowest BCUT2D eigenvalue weighted by Gasteiger charge is -2.37. The van der Waals surface area contributed by atoms with Crippen LogP contribution in [-0.4, -0.2) is 63.0 Å². The van der Waals surface area contributed by atoms with Gasteiger partial charge in [-0.05, 0) is 91.4 Å². The molecule has 0 bridgehead atoms. The van der Waals surface area contributed by atoms with Gasteiger partial charge in [0.15, 0.2) is 5.82 Å². The van der Waals surface area contributed by atoms with Gasteiger partial charge in [-0.15, -0.1) is 5.10 Å². The number of H-pyrrole nitrogens is 1. The number of tetrazole rings is 1. The van der Waals surface area contributed by atoms with Crippen LogP contribution in [0.15, 0.2) is 59.4 Å². The molecule has 0 spiro atoms. The number of nitrogens with one attached hydrogen (secondary N) is 1. The van der Waals surface area contributed by atoms with Gasteiger partial charge in [-0.3, -0.25) is 9.69 Å². The van der Waals surface area contributed by atoms with E-state index in [4.69, 9.17) is 9.47 Å². The number of piperidine rings is 1. The van der Waals surface area contributed by atoms with Crippen LogP contribution < -0.4 is 10.3 Å². The number of rotatable bonds is 8. The number of likely N-dealkylation sites (tertiary alicyclic amines) is 1. The first-order valence-electron chi connectivity index (χ1n) is 13.5. The summed E-state index contributed by atoms with van der Waals surface area (Å²) in [6.07, 6.45) is 5.31. The lowest BCUT2D eigenvalue weighted by atomic mass is 9.89. The third kappa shape index (κ3) is 5.21. The molecule has 0 aliphatic carbocycles. The molecular weight excluding hydrogens is 480 g/mol. The molecule has 2 aliphatic rings. The van der Waals surface area contributed by atoms with Gasteiger partial charge in [0, 0.05) is 23.1 Å². The molecule has 2 saturated heterocycles. The van der Waals surface area contributed by atoms with Crippen LogP contribution in [0.2, 0.25) is 0 Å². The van der Waals surface area contributed by atoms with Crippen LogP contribution in [0.25, 0.3) is 10.9 Å². The second kappa shape index (κ2) is 11.0. The van der Waals surface area contributed by atoms with Gasteiger partial charge < -0.3 is 14.5 Å². The molecule has 38 heavy (non-hydrogen) atoms.